The summed E-state index contributed by atoms with van der Waals surface area (Å²) in [7, 11) is 0. The lowest BCUT2D eigenvalue weighted by Crippen LogP contribution is -2.37. The van der Waals surface area contributed by atoms with Crippen LogP contribution in [0.25, 0.3) is 0 Å². The van der Waals surface area contributed by atoms with Crippen molar-refractivity contribution >= 4 is 35.1 Å². The van der Waals surface area contributed by atoms with E-state index in [1.165, 1.54) is 13.1 Å². The van der Waals surface area contributed by atoms with Gasteiger partial charge in [0, 0.05) is 24.3 Å². The van der Waals surface area contributed by atoms with Crippen LogP contribution in [0.15, 0.2) is 53.9 Å². The van der Waals surface area contributed by atoms with Crippen LogP contribution in [0.4, 0.5) is 27.5 Å². The lowest BCUT2D eigenvalue weighted by molar-refractivity contribution is 0.101. The number of hydrazone groups is 1. The van der Waals surface area contributed by atoms with Crippen LogP contribution in [0, 0.1) is 5.82 Å². The molecule has 2 aromatic heterocycles. The molecule has 32 heavy (non-hydrogen) atoms. The third kappa shape index (κ3) is 5.41. The first-order valence-electron chi connectivity index (χ1n) is 10.1. The molecular formula is C22H22FN7O2. The second kappa shape index (κ2) is 9.92. The van der Waals surface area contributed by atoms with Crippen LogP contribution in [-0.2, 0) is 4.74 Å². The van der Waals surface area contributed by atoms with Crippen molar-refractivity contribution in [3.05, 3.63) is 65.9 Å². The largest absolute Gasteiger partial charge is 0.378 e. The Bertz CT molecular complexity index is 1120. The lowest BCUT2D eigenvalue weighted by Gasteiger charge is -2.27. The van der Waals surface area contributed by atoms with E-state index in [0.29, 0.717) is 37.6 Å². The van der Waals surface area contributed by atoms with Gasteiger partial charge < -0.3 is 15.0 Å². The molecule has 1 aromatic carbocycles. The number of nitrogens with zero attached hydrogens (tertiary/aromatic N) is 5. The summed E-state index contributed by atoms with van der Waals surface area (Å²) in [6, 6.07) is 10.9. The standard InChI is InChI=1S/C22H22FN7O2/c1-15(31)16-3-2-4-17(11-16)27-19-6-5-18(24-12-19)13-26-29-22-25-14-20(23)21(28-22)30-7-9-32-10-8-30/h2-6,11-14,27H,7-10H2,1H3,(H,25,28,29)/b26-13+. The highest BCUT2D eigenvalue weighted by Crippen LogP contribution is 2.19. The molecule has 0 spiro atoms. The van der Waals surface area contributed by atoms with E-state index in [4.69, 9.17) is 4.74 Å². The van der Waals surface area contributed by atoms with Gasteiger partial charge in [-0.2, -0.15) is 10.1 Å². The molecular weight excluding hydrogens is 413 g/mol. The molecule has 9 nitrogen and oxygen atoms in total. The molecule has 164 valence electrons. The number of rotatable bonds is 7. The molecule has 10 heteroatoms. The van der Waals surface area contributed by atoms with Gasteiger partial charge in [-0.3, -0.25) is 9.78 Å². The van der Waals surface area contributed by atoms with Crippen molar-refractivity contribution in [2.24, 2.45) is 5.10 Å². The van der Waals surface area contributed by atoms with Gasteiger partial charge in [-0.1, -0.05) is 12.1 Å². The van der Waals surface area contributed by atoms with Crippen LogP contribution in [0.2, 0.25) is 0 Å². The van der Waals surface area contributed by atoms with E-state index >= 15 is 0 Å². The SMILES string of the molecule is CC(=O)c1cccc(Nc2ccc(/C=N/Nc3ncc(F)c(N4CCOCC4)n3)nc2)c1. The Kier molecular flexibility index (Phi) is 6.61. The van der Waals surface area contributed by atoms with Crippen LogP contribution in [0.5, 0.6) is 0 Å². The molecule has 3 aromatic rings. The maximum atomic E-state index is 14.1. The monoisotopic (exact) mass is 435 g/mol. The summed E-state index contributed by atoms with van der Waals surface area (Å²) >= 11 is 0. The zero-order chi connectivity index (χ0) is 22.3. The van der Waals surface area contributed by atoms with Crippen LogP contribution >= 0.6 is 0 Å². The van der Waals surface area contributed by atoms with Crippen molar-refractivity contribution in [3.63, 3.8) is 0 Å². The number of nitrogens with one attached hydrogen (secondary N) is 2. The summed E-state index contributed by atoms with van der Waals surface area (Å²) in [5, 5.41) is 7.29. The lowest BCUT2D eigenvalue weighted by atomic mass is 10.1. The Hall–Kier alpha value is -3.92. The van der Waals surface area contributed by atoms with E-state index in [1.807, 2.05) is 23.1 Å². The second-order valence-corrected chi connectivity index (χ2v) is 7.07. The fraction of sp³-hybridized carbons (Fsp3) is 0.227. The molecule has 1 aliphatic heterocycles. The molecule has 2 N–H and O–H groups in total. The summed E-state index contributed by atoms with van der Waals surface area (Å²) in [6.07, 6.45) is 4.30. The highest BCUT2D eigenvalue weighted by atomic mass is 19.1. The molecule has 1 saturated heterocycles. The Balaban J connectivity index is 1.37. The van der Waals surface area contributed by atoms with Crippen molar-refractivity contribution in [2.45, 2.75) is 6.92 Å². The summed E-state index contributed by atoms with van der Waals surface area (Å²) in [4.78, 5) is 25.8. The molecule has 1 aliphatic rings. The number of morpholine rings is 1. The van der Waals surface area contributed by atoms with Gasteiger partial charge in [-0.15, -0.1) is 0 Å². The third-order valence-electron chi connectivity index (χ3n) is 4.74. The Morgan fingerprint density at radius 3 is 2.75 bits per heavy atom. The van der Waals surface area contributed by atoms with Crippen molar-refractivity contribution in [2.75, 3.05) is 41.9 Å². The van der Waals surface area contributed by atoms with Gasteiger partial charge in [0.25, 0.3) is 0 Å². The van der Waals surface area contributed by atoms with Crippen LogP contribution in [-0.4, -0.2) is 53.3 Å². The summed E-state index contributed by atoms with van der Waals surface area (Å²) in [5.74, 6) is -0.0655. The van der Waals surface area contributed by atoms with Gasteiger partial charge in [-0.05, 0) is 31.2 Å². The Morgan fingerprint density at radius 1 is 1.16 bits per heavy atom. The molecule has 0 aliphatic carbocycles. The smallest absolute Gasteiger partial charge is 0.245 e. The van der Waals surface area contributed by atoms with Crippen molar-refractivity contribution in [1.82, 2.24) is 15.0 Å². The van der Waals surface area contributed by atoms with Gasteiger partial charge in [0.15, 0.2) is 17.4 Å². The van der Waals surface area contributed by atoms with E-state index < -0.39 is 5.82 Å². The minimum absolute atomic E-state index is 0.00744. The molecule has 0 bridgehead atoms. The predicted octanol–water partition coefficient (Wildman–Crippen LogP) is 3.24. The number of carbonyl (C=O) groups is 1. The number of ketones is 1. The number of carbonyl (C=O) groups excluding carboxylic acids is 1. The zero-order valence-electron chi connectivity index (χ0n) is 17.5. The van der Waals surface area contributed by atoms with E-state index in [1.54, 1.807) is 24.4 Å². The number of ether oxygens (including phenoxy) is 1. The number of pyridine rings is 1. The van der Waals surface area contributed by atoms with Gasteiger partial charge >= 0.3 is 0 Å². The molecule has 3 heterocycles. The first-order valence-corrected chi connectivity index (χ1v) is 10.1. The second-order valence-electron chi connectivity index (χ2n) is 7.07. The first-order chi connectivity index (χ1) is 15.6. The van der Waals surface area contributed by atoms with Gasteiger partial charge in [0.1, 0.15) is 0 Å². The fourth-order valence-corrected chi connectivity index (χ4v) is 3.10. The van der Waals surface area contributed by atoms with Gasteiger partial charge in [0.2, 0.25) is 5.95 Å². The number of benzene rings is 1. The first kappa shape index (κ1) is 21.3. The number of aromatic nitrogens is 3. The molecule has 1 fully saturated rings. The zero-order valence-corrected chi connectivity index (χ0v) is 17.5. The van der Waals surface area contributed by atoms with Crippen LogP contribution in [0.3, 0.4) is 0 Å². The minimum atomic E-state index is -0.486. The average molecular weight is 435 g/mol. The number of hydrogen-bond donors (Lipinski definition) is 2. The van der Waals surface area contributed by atoms with E-state index in [0.717, 1.165) is 17.6 Å². The summed E-state index contributed by atoms with van der Waals surface area (Å²) < 4.78 is 19.4. The highest BCUT2D eigenvalue weighted by molar-refractivity contribution is 5.95. The van der Waals surface area contributed by atoms with Gasteiger partial charge in [0.05, 0.1) is 43.2 Å². The minimum Gasteiger partial charge on any atom is -0.378 e. The number of halogens is 1. The quantitative estimate of drug-likeness (QED) is 0.331. The maximum Gasteiger partial charge on any atom is 0.245 e. The van der Waals surface area contributed by atoms with E-state index in [2.05, 4.69) is 30.8 Å². The summed E-state index contributed by atoms with van der Waals surface area (Å²) in [6.45, 7) is 3.73. The molecule has 0 radical (unpaired) electrons. The molecule has 0 saturated carbocycles. The summed E-state index contributed by atoms with van der Waals surface area (Å²) in [5.41, 5.74) is 5.52. The topological polar surface area (TPSA) is 105 Å². The molecule has 0 atom stereocenters. The number of anilines is 4. The molecule has 0 amide bonds. The van der Waals surface area contributed by atoms with Crippen molar-refractivity contribution in [3.8, 4) is 0 Å². The number of Topliss-reactive ketones (excluding diaryl/α,β-unsaturated/α-hetero) is 1. The van der Waals surface area contributed by atoms with E-state index in [9.17, 15) is 9.18 Å². The van der Waals surface area contributed by atoms with Gasteiger partial charge in [-0.25, -0.2) is 14.8 Å². The Labute approximate surface area is 184 Å². The normalized spacial score (nSPS) is 13.9. The van der Waals surface area contributed by atoms with Crippen LogP contribution < -0.4 is 15.6 Å². The molecule has 0 unspecified atom stereocenters. The third-order valence-corrected chi connectivity index (χ3v) is 4.74. The fourth-order valence-electron chi connectivity index (χ4n) is 3.10. The predicted molar refractivity (Wildman–Crippen MR) is 120 cm³/mol. The molecule has 4 rings (SSSR count). The maximum absolute atomic E-state index is 14.1. The van der Waals surface area contributed by atoms with Crippen molar-refractivity contribution in [1.29, 1.82) is 0 Å². The Morgan fingerprint density at radius 2 is 2.00 bits per heavy atom. The average Bonchev–Trinajstić information content (AvgIpc) is 2.82. The number of hydrogen-bond acceptors (Lipinski definition) is 9. The van der Waals surface area contributed by atoms with Crippen molar-refractivity contribution < 1.29 is 13.9 Å². The highest BCUT2D eigenvalue weighted by Gasteiger charge is 2.17. The van der Waals surface area contributed by atoms with E-state index in [-0.39, 0.29) is 17.5 Å². The van der Waals surface area contributed by atoms with Crippen LogP contribution in [0.1, 0.15) is 23.0 Å².